The molecule has 0 saturated carbocycles. The highest BCUT2D eigenvalue weighted by Crippen LogP contribution is 2.48. The average molecular weight is 458 g/mol. The molecule has 2 aliphatic heterocycles. The standard InChI is InChI=1S/C20H19Cl2F2N3O3/c1-29-4-5-30-17-9-25-19(24)11-6-10-2-3-16(18(11)17)27(10)20(28)26-15-8-13(22)12(21)7-14(15)23/h7-10,16H,2-6H2,1H3,(H,26,28)/t10-,16?/m0/s1. The monoisotopic (exact) mass is 457 g/mol. The lowest BCUT2D eigenvalue weighted by Gasteiger charge is -2.37. The molecule has 1 aromatic carbocycles. The number of benzene rings is 1. The van der Waals surface area contributed by atoms with Crippen LogP contribution in [0.1, 0.15) is 30.0 Å². The van der Waals surface area contributed by atoms with Gasteiger partial charge in [0.1, 0.15) is 18.2 Å². The van der Waals surface area contributed by atoms with Gasteiger partial charge >= 0.3 is 6.03 Å². The molecular weight excluding hydrogens is 439 g/mol. The third-order valence-electron chi connectivity index (χ3n) is 5.44. The van der Waals surface area contributed by atoms with Crippen molar-refractivity contribution in [1.82, 2.24) is 9.88 Å². The van der Waals surface area contributed by atoms with E-state index >= 15 is 0 Å². The number of anilines is 1. The molecule has 2 amide bonds. The fourth-order valence-corrected chi connectivity index (χ4v) is 4.45. The van der Waals surface area contributed by atoms with Gasteiger partial charge in [0.05, 0.1) is 34.6 Å². The number of urea groups is 1. The van der Waals surface area contributed by atoms with Gasteiger partial charge in [-0.15, -0.1) is 0 Å². The first-order valence-electron chi connectivity index (χ1n) is 9.43. The van der Waals surface area contributed by atoms with Crippen LogP contribution < -0.4 is 10.1 Å². The second-order valence-corrected chi connectivity index (χ2v) is 8.00. The highest BCUT2D eigenvalue weighted by Gasteiger charge is 2.45. The van der Waals surface area contributed by atoms with Gasteiger partial charge < -0.3 is 19.7 Å². The number of ether oxygens (including phenoxy) is 2. The minimum Gasteiger partial charge on any atom is -0.489 e. The topological polar surface area (TPSA) is 63.7 Å². The predicted octanol–water partition coefficient (Wildman–Crippen LogP) is 4.99. The zero-order valence-electron chi connectivity index (χ0n) is 16.1. The van der Waals surface area contributed by atoms with E-state index in [1.54, 1.807) is 12.0 Å². The molecule has 2 bridgehead atoms. The van der Waals surface area contributed by atoms with Gasteiger partial charge in [-0.3, -0.25) is 0 Å². The molecule has 2 aromatic rings. The highest BCUT2D eigenvalue weighted by molar-refractivity contribution is 6.42. The Morgan fingerprint density at radius 2 is 2.03 bits per heavy atom. The Hall–Kier alpha value is -2.16. The summed E-state index contributed by atoms with van der Waals surface area (Å²) in [6.07, 6.45) is 2.97. The van der Waals surface area contributed by atoms with Crippen LogP contribution in [0.15, 0.2) is 18.3 Å². The van der Waals surface area contributed by atoms with Crippen molar-refractivity contribution in [3.8, 4) is 5.75 Å². The van der Waals surface area contributed by atoms with Gasteiger partial charge in [-0.25, -0.2) is 14.2 Å². The Labute approximate surface area is 182 Å². The predicted molar refractivity (Wildman–Crippen MR) is 108 cm³/mol. The lowest BCUT2D eigenvalue weighted by atomic mass is 9.94. The van der Waals surface area contributed by atoms with Crippen molar-refractivity contribution in [2.75, 3.05) is 25.6 Å². The van der Waals surface area contributed by atoms with Gasteiger partial charge in [0, 0.05) is 24.3 Å². The van der Waals surface area contributed by atoms with E-state index in [0.29, 0.717) is 42.7 Å². The van der Waals surface area contributed by atoms with Crippen LogP contribution in [-0.2, 0) is 11.2 Å². The summed E-state index contributed by atoms with van der Waals surface area (Å²) in [4.78, 5) is 18.5. The number of methoxy groups -OCH3 is 1. The Kier molecular flexibility index (Phi) is 5.99. The second kappa shape index (κ2) is 8.53. The van der Waals surface area contributed by atoms with Crippen LogP contribution in [0.4, 0.5) is 19.3 Å². The van der Waals surface area contributed by atoms with Gasteiger partial charge in [0.25, 0.3) is 0 Å². The summed E-state index contributed by atoms with van der Waals surface area (Å²) < 4.78 is 39.4. The van der Waals surface area contributed by atoms with Crippen LogP contribution in [-0.4, -0.2) is 42.3 Å². The average Bonchev–Trinajstić information content (AvgIpc) is 3.02. The first kappa shape index (κ1) is 21.1. The first-order valence-corrected chi connectivity index (χ1v) is 10.2. The number of nitrogens with zero attached hydrogens (tertiary/aromatic N) is 2. The van der Waals surface area contributed by atoms with Crippen molar-refractivity contribution in [3.05, 3.63) is 51.3 Å². The molecule has 3 heterocycles. The van der Waals surface area contributed by atoms with Crippen molar-refractivity contribution >= 4 is 34.9 Å². The third-order valence-corrected chi connectivity index (χ3v) is 6.16. The summed E-state index contributed by atoms with van der Waals surface area (Å²) in [5.74, 6) is -0.828. The summed E-state index contributed by atoms with van der Waals surface area (Å²) in [6, 6.07) is 1.19. The van der Waals surface area contributed by atoms with E-state index in [1.165, 1.54) is 12.3 Å². The number of fused-ring (bicyclic) bond motifs is 4. The van der Waals surface area contributed by atoms with Crippen LogP contribution in [0.5, 0.6) is 5.75 Å². The van der Waals surface area contributed by atoms with Gasteiger partial charge in [-0.1, -0.05) is 23.2 Å². The molecule has 1 N–H and O–H groups in total. The van der Waals surface area contributed by atoms with Crippen LogP contribution in [0.2, 0.25) is 10.0 Å². The van der Waals surface area contributed by atoms with Crippen molar-refractivity contribution in [2.24, 2.45) is 0 Å². The quantitative estimate of drug-likeness (QED) is 0.390. The molecule has 160 valence electrons. The Bertz CT molecular complexity index is 992. The zero-order valence-corrected chi connectivity index (χ0v) is 17.6. The van der Waals surface area contributed by atoms with E-state index in [4.69, 9.17) is 32.7 Å². The third kappa shape index (κ3) is 3.79. The van der Waals surface area contributed by atoms with Crippen LogP contribution in [0.25, 0.3) is 0 Å². The van der Waals surface area contributed by atoms with E-state index in [1.807, 2.05) is 0 Å². The normalized spacial score (nSPS) is 19.6. The molecule has 2 aliphatic rings. The van der Waals surface area contributed by atoms with Crippen LogP contribution in [0.3, 0.4) is 0 Å². The molecule has 2 atom stereocenters. The molecule has 0 radical (unpaired) electrons. The fraction of sp³-hybridized carbons (Fsp3) is 0.400. The lowest BCUT2D eigenvalue weighted by molar-refractivity contribution is 0.141. The second-order valence-electron chi connectivity index (χ2n) is 7.18. The summed E-state index contributed by atoms with van der Waals surface area (Å²) in [7, 11) is 1.55. The number of aromatic nitrogens is 1. The van der Waals surface area contributed by atoms with Crippen LogP contribution in [0, 0.1) is 11.8 Å². The number of nitrogens with one attached hydrogen (secondary N) is 1. The van der Waals surface area contributed by atoms with Gasteiger partial charge in [-0.05, 0) is 31.4 Å². The molecular formula is C20H19Cl2F2N3O3. The maximum absolute atomic E-state index is 14.4. The van der Waals surface area contributed by atoms with E-state index in [9.17, 15) is 13.6 Å². The number of carbonyl (C=O) groups is 1. The van der Waals surface area contributed by atoms with Gasteiger partial charge in [-0.2, -0.15) is 4.39 Å². The van der Waals surface area contributed by atoms with Crippen molar-refractivity contribution in [2.45, 2.75) is 31.3 Å². The maximum atomic E-state index is 14.4. The number of rotatable bonds is 5. The lowest BCUT2D eigenvalue weighted by Crippen LogP contribution is -2.44. The number of hydrogen-bond donors (Lipinski definition) is 1. The SMILES string of the molecule is COCCOc1cnc(F)c2c1C1CC[C@@H](C2)N1C(=O)Nc1cc(Cl)c(Cl)cc1F. The molecule has 1 aromatic heterocycles. The molecule has 1 fully saturated rings. The summed E-state index contributed by atoms with van der Waals surface area (Å²) >= 11 is 11.8. The van der Waals surface area contributed by atoms with Crippen molar-refractivity contribution < 1.29 is 23.0 Å². The zero-order chi connectivity index (χ0) is 21.4. The largest absolute Gasteiger partial charge is 0.489 e. The number of halogens is 4. The Morgan fingerprint density at radius 3 is 2.80 bits per heavy atom. The number of hydrogen-bond acceptors (Lipinski definition) is 4. The fourth-order valence-electron chi connectivity index (χ4n) is 4.14. The molecule has 1 saturated heterocycles. The Morgan fingerprint density at radius 1 is 1.27 bits per heavy atom. The van der Waals surface area contributed by atoms with E-state index in [0.717, 1.165) is 6.07 Å². The molecule has 1 unspecified atom stereocenters. The van der Waals surface area contributed by atoms with Gasteiger partial charge in [0.2, 0.25) is 5.95 Å². The van der Waals surface area contributed by atoms with E-state index in [2.05, 4.69) is 10.3 Å². The summed E-state index contributed by atoms with van der Waals surface area (Å²) in [6.45, 7) is 0.632. The van der Waals surface area contributed by atoms with E-state index < -0.39 is 23.8 Å². The molecule has 6 nitrogen and oxygen atoms in total. The summed E-state index contributed by atoms with van der Waals surface area (Å²) in [5, 5.41) is 2.75. The van der Waals surface area contributed by atoms with Crippen LogP contribution >= 0.6 is 23.2 Å². The number of amides is 2. The smallest absolute Gasteiger partial charge is 0.322 e. The minimum absolute atomic E-state index is 0.0555. The summed E-state index contributed by atoms with van der Waals surface area (Å²) in [5.41, 5.74) is 0.997. The first-order chi connectivity index (χ1) is 14.4. The highest BCUT2D eigenvalue weighted by atomic mass is 35.5. The minimum atomic E-state index is -0.693. The van der Waals surface area contributed by atoms with E-state index in [-0.39, 0.29) is 28.4 Å². The molecule has 10 heteroatoms. The molecule has 4 rings (SSSR count). The molecule has 0 aliphatic carbocycles. The van der Waals surface area contributed by atoms with Crippen molar-refractivity contribution in [1.29, 1.82) is 0 Å². The maximum Gasteiger partial charge on any atom is 0.322 e. The number of pyridine rings is 1. The number of carbonyl (C=O) groups excluding carboxylic acids is 1. The molecule has 0 spiro atoms. The Balaban J connectivity index is 1.63. The van der Waals surface area contributed by atoms with Gasteiger partial charge in [0.15, 0.2) is 0 Å². The molecule has 30 heavy (non-hydrogen) atoms. The van der Waals surface area contributed by atoms with Crippen molar-refractivity contribution in [3.63, 3.8) is 0 Å².